The Bertz CT molecular complexity index is 973. The molecule has 1 aliphatic heterocycles. The number of para-hydroxylation sites is 1. The predicted molar refractivity (Wildman–Crippen MR) is 109 cm³/mol. The number of nitro benzene ring substituents is 1. The number of rotatable bonds is 5. The van der Waals surface area contributed by atoms with Crippen LogP contribution in [0.4, 0.5) is 17.1 Å². The molecule has 0 N–H and O–H groups in total. The van der Waals surface area contributed by atoms with E-state index in [9.17, 15) is 19.7 Å². The maximum Gasteiger partial charge on any atom is 0.339 e. The molecule has 0 bridgehead atoms. The number of fused-ring (bicyclic) bond motifs is 1. The van der Waals surface area contributed by atoms with Crippen molar-refractivity contribution in [2.75, 3.05) is 23.9 Å². The monoisotopic (exact) mass is 397 g/mol. The minimum atomic E-state index is -1.02. The Hall–Kier alpha value is -3.42. The van der Waals surface area contributed by atoms with Gasteiger partial charge in [-0.1, -0.05) is 18.2 Å². The van der Waals surface area contributed by atoms with Crippen LogP contribution in [0, 0.1) is 10.1 Å². The first-order valence-electron chi connectivity index (χ1n) is 9.28. The maximum atomic E-state index is 12.9. The third-order valence-electron chi connectivity index (χ3n) is 4.97. The number of anilines is 2. The van der Waals surface area contributed by atoms with E-state index in [0.29, 0.717) is 5.69 Å². The molecule has 0 radical (unpaired) electrons. The minimum Gasteiger partial charge on any atom is -0.449 e. The van der Waals surface area contributed by atoms with Crippen molar-refractivity contribution >= 4 is 28.9 Å². The molecule has 8 nitrogen and oxygen atoms in total. The van der Waals surface area contributed by atoms with E-state index in [1.165, 1.54) is 25.1 Å². The molecule has 8 heteroatoms. The fourth-order valence-corrected chi connectivity index (χ4v) is 3.55. The molecular formula is C21H23N3O5. The standard InChI is InChI=1S/C21H23N3O5/c1-13-11-15-7-5-6-8-17(15)23(13)20(25)14(2)29-21(26)16-9-10-18(22(3)4)19(12-16)24(27)28/h5-10,12-14H,11H2,1-4H3/t13-,14+/m1/s1. The largest absolute Gasteiger partial charge is 0.449 e. The molecule has 152 valence electrons. The SMILES string of the molecule is C[C@H](OC(=O)c1ccc(N(C)C)c([N+](=O)[O-])c1)C(=O)N1c2ccccc2C[C@H]1C. The van der Waals surface area contributed by atoms with Gasteiger partial charge in [-0.3, -0.25) is 14.9 Å². The summed E-state index contributed by atoms with van der Waals surface area (Å²) in [5.74, 6) is -1.10. The zero-order chi connectivity index (χ0) is 21.3. The lowest BCUT2D eigenvalue weighted by Gasteiger charge is -2.26. The Morgan fingerprint density at radius 1 is 1.24 bits per heavy atom. The molecule has 2 aromatic rings. The van der Waals surface area contributed by atoms with Crippen molar-refractivity contribution in [2.24, 2.45) is 0 Å². The van der Waals surface area contributed by atoms with Gasteiger partial charge in [0.15, 0.2) is 6.10 Å². The Morgan fingerprint density at radius 3 is 2.59 bits per heavy atom. The van der Waals surface area contributed by atoms with Crippen molar-refractivity contribution in [1.82, 2.24) is 0 Å². The molecule has 2 atom stereocenters. The molecule has 1 heterocycles. The van der Waals surface area contributed by atoms with Crippen molar-refractivity contribution < 1.29 is 19.2 Å². The second-order valence-electron chi connectivity index (χ2n) is 7.29. The second kappa shape index (κ2) is 7.90. The van der Waals surface area contributed by atoms with Crippen LogP contribution in [-0.2, 0) is 16.0 Å². The van der Waals surface area contributed by atoms with Gasteiger partial charge in [0.2, 0.25) is 0 Å². The van der Waals surface area contributed by atoms with Crippen molar-refractivity contribution in [1.29, 1.82) is 0 Å². The summed E-state index contributed by atoms with van der Waals surface area (Å²) in [5, 5.41) is 11.3. The van der Waals surface area contributed by atoms with Crippen LogP contribution in [0.1, 0.15) is 29.8 Å². The van der Waals surface area contributed by atoms with E-state index in [2.05, 4.69) is 0 Å². The van der Waals surface area contributed by atoms with Crippen molar-refractivity contribution in [3.63, 3.8) is 0 Å². The van der Waals surface area contributed by atoms with Crippen LogP contribution in [0.3, 0.4) is 0 Å². The van der Waals surface area contributed by atoms with Crippen LogP contribution in [-0.4, -0.2) is 43.0 Å². The third-order valence-corrected chi connectivity index (χ3v) is 4.97. The highest BCUT2D eigenvalue weighted by molar-refractivity contribution is 6.01. The lowest BCUT2D eigenvalue weighted by atomic mass is 10.1. The number of ether oxygens (including phenoxy) is 1. The normalized spacial score (nSPS) is 16.1. The van der Waals surface area contributed by atoms with Gasteiger partial charge < -0.3 is 14.5 Å². The molecule has 0 unspecified atom stereocenters. The molecule has 0 spiro atoms. The summed E-state index contributed by atoms with van der Waals surface area (Å²) in [6, 6.07) is 11.7. The van der Waals surface area contributed by atoms with Crippen LogP contribution in [0.5, 0.6) is 0 Å². The molecule has 3 rings (SSSR count). The molecule has 0 aromatic heterocycles. The molecule has 29 heavy (non-hydrogen) atoms. The summed E-state index contributed by atoms with van der Waals surface area (Å²) in [5.41, 5.74) is 2.08. The number of hydrogen-bond donors (Lipinski definition) is 0. The van der Waals surface area contributed by atoms with Gasteiger partial charge in [0.1, 0.15) is 5.69 Å². The maximum absolute atomic E-state index is 12.9. The van der Waals surface area contributed by atoms with Gasteiger partial charge in [-0.15, -0.1) is 0 Å². The average Bonchev–Trinajstić information content (AvgIpc) is 3.02. The summed E-state index contributed by atoms with van der Waals surface area (Å²) in [6.07, 6.45) is -0.287. The Kier molecular flexibility index (Phi) is 5.54. The molecule has 1 aliphatic rings. The van der Waals surface area contributed by atoms with Crippen LogP contribution in [0.15, 0.2) is 42.5 Å². The number of benzene rings is 2. The summed E-state index contributed by atoms with van der Waals surface area (Å²) in [4.78, 5) is 39.5. The van der Waals surface area contributed by atoms with E-state index in [0.717, 1.165) is 17.7 Å². The minimum absolute atomic E-state index is 0.0248. The van der Waals surface area contributed by atoms with E-state index in [-0.39, 0.29) is 23.2 Å². The van der Waals surface area contributed by atoms with Crippen LogP contribution < -0.4 is 9.80 Å². The zero-order valence-electron chi connectivity index (χ0n) is 16.8. The number of carbonyl (C=O) groups is 2. The molecule has 0 saturated carbocycles. The van der Waals surface area contributed by atoms with Gasteiger partial charge in [0.25, 0.3) is 11.6 Å². The van der Waals surface area contributed by atoms with Crippen molar-refractivity contribution in [3.05, 3.63) is 63.7 Å². The van der Waals surface area contributed by atoms with Gasteiger partial charge in [-0.25, -0.2) is 4.79 Å². The summed E-state index contributed by atoms with van der Waals surface area (Å²) >= 11 is 0. The van der Waals surface area contributed by atoms with E-state index >= 15 is 0 Å². The average molecular weight is 397 g/mol. The summed E-state index contributed by atoms with van der Waals surface area (Å²) in [6.45, 7) is 3.45. The first-order valence-corrected chi connectivity index (χ1v) is 9.28. The number of amides is 1. The highest BCUT2D eigenvalue weighted by Crippen LogP contribution is 2.33. The van der Waals surface area contributed by atoms with Gasteiger partial charge in [-0.05, 0) is 44.0 Å². The van der Waals surface area contributed by atoms with Crippen molar-refractivity contribution in [2.45, 2.75) is 32.4 Å². The van der Waals surface area contributed by atoms with E-state index in [1.54, 1.807) is 23.9 Å². The molecule has 0 fully saturated rings. The third kappa shape index (κ3) is 3.91. The number of nitro groups is 1. The number of carbonyl (C=O) groups excluding carboxylic acids is 2. The second-order valence-corrected chi connectivity index (χ2v) is 7.29. The van der Waals surface area contributed by atoms with Gasteiger partial charge >= 0.3 is 5.97 Å². The number of hydrogen-bond acceptors (Lipinski definition) is 6. The topological polar surface area (TPSA) is 93.0 Å². The van der Waals surface area contributed by atoms with Gasteiger partial charge in [0, 0.05) is 31.9 Å². The van der Waals surface area contributed by atoms with Gasteiger partial charge in [-0.2, -0.15) is 0 Å². The fraction of sp³-hybridized carbons (Fsp3) is 0.333. The summed E-state index contributed by atoms with van der Waals surface area (Å²) < 4.78 is 5.34. The highest BCUT2D eigenvalue weighted by Gasteiger charge is 2.34. The number of nitrogens with zero attached hydrogens (tertiary/aromatic N) is 3. The quantitative estimate of drug-likeness (QED) is 0.437. The van der Waals surface area contributed by atoms with Crippen LogP contribution in [0.2, 0.25) is 0 Å². The predicted octanol–water partition coefficient (Wildman–Crippen LogP) is 3.18. The Balaban J connectivity index is 1.78. The molecule has 2 aromatic carbocycles. The smallest absolute Gasteiger partial charge is 0.339 e. The van der Waals surface area contributed by atoms with Crippen molar-refractivity contribution in [3.8, 4) is 0 Å². The Labute approximate surface area is 168 Å². The molecule has 0 saturated heterocycles. The van der Waals surface area contributed by atoms with E-state index in [4.69, 9.17) is 4.74 Å². The zero-order valence-corrected chi connectivity index (χ0v) is 16.8. The lowest BCUT2D eigenvalue weighted by Crippen LogP contribution is -2.43. The van der Waals surface area contributed by atoms with E-state index in [1.807, 2.05) is 31.2 Å². The lowest BCUT2D eigenvalue weighted by molar-refractivity contribution is -0.384. The molecule has 1 amide bonds. The summed E-state index contributed by atoms with van der Waals surface area (Å²) in [7, 11) is 3.35. The molecular weight excluding hydrogens is 374 g/mol. The first kappa shape index (κ1) is 20.3. The van der Waals surface area contributed by atoms with Gasteiger partial charge in [0.05, 0.1) is 10.5 Å². The highest BCUT2D eigenvalue weighted by atomic mass is 16.6. The first-order chi connectivity index (χ1) is 13.7. The van der Waals surface area contributed by atoms with Crippen LogP contribution >= 0.6 is 0 Å². The fourth-order valence-electron chi connectivity index (χ4n) is 3.55. The molecule has 0 aliphatic carbocycles. The van der Waals surface area contributed by atoms with E-state index < -0.39 is 17.0 Å². The van der Waals surface area contributed by atoms with Crippen LogP contribution in [0.25, 0.3) is 0 Å². The number of esters is 1. The Morgan fingerprint density at radius 2 is 1.93 bits per heavy atom.